The molecule has 8 heteroatoms. The van der Waals surface area contributed by atoms with Gasteiger partial charge in [-0.1, -0.05) is 6.92 Å². The van der Waals surface area contributed by atoms with Crippen molar-refractivity contribution in [2.24, 2.45) is 26.7 Å². The Balaban J connectivity index is 1.92. The first-order valence-electron chi connectivity index (χ1n) is 6.52. The van der Waals surface area contributed by atoms with Gasteiger partial charge in [-0.15, -0.1) is 0 Å². The van der Waals surface area contributed by atoms with E-state index >= 15 is 0 Å². The first-order valence-corrected chi connectivity index (χ1v) is 6.52. The molecule has 1 fully saturated rings. The third-order valence-electron chi connectivity index (χ3n) is 4.11. The molecule has 0 spiro atoms. The van der Waals surface area contributed by atoms with Crippen LogP contribution in [0.1, 0.15) is 13.3 Å². The van der Waals surface area contributed by atoms with Crippen molar-refractivity contribution in [3.8, 4) is 6.07 Å². The van der Waals surface area contributed by atoms with Crippen molar-refractivity contribution >= 4 is 18.0 Å². The second-order valence-corrected chi connectivity index (χ2v) is 5.23. The summed E-state index contributed by atoms with van der Waals surface area (Å²) >= 11 is 0. The zero-order valence-electron chi connectivity index (χ0n) is 11.1. The second kappa shape index (κ2) is 4.54. The maximum Gasteiger partial charge on any atom is 0.188 e. The van der Waals surface area contributed by atoms with E-state index in [2.05, 4.69) is 21.2 Å². The summed E-state index contributed by atoms with van der Waals surface area (Å²) in [6.07, 6.45) is 1.66. The van der Waals surface area contributed by atoms with E-state index in [0.29, 0.717) is 24.6 Å². The summed E-state index contributed by atoms with van der Waals surface area (Å²) in [7, 11) is 0. The molecule has 3 heterocycles. The molecule has 3 N–H and O–H groups in total. The van der Waals surface area contributed by atoms with Crippen LogP contribution in [0.15, 0.2) is 15.1 Å². The van der Waals surface area contributed by atoms with Gasteiger partial charge < -0.3 is 15.6 Å². The Morgan fingerprint density at radius 1 is 1.70 bits per heavy atom. The van der Waals surface area contributed by atoms with Crippen LogP contribution in [0.4, 0.5) is 0 Å². The highest BCUT2D eigenvalue weighted by Crippen LogP contribution is 2.41. The van der Waals surface area contributed by atoms with Crippen molar-refractivity contribution in [3.63, 3.8) is 0 Å². The minimum Gasteiger partial charge on any atom is -0.394 e. The number of hydrogen-bond acceptors (Lipinski definition) is 8. The minimum absolute atomic E-state index is 0.0283. The van der Waals surface area contributed by atoms with Crippen molar-refractivity contribution in [3.05, 3.63) is 0 Å². The molecular weight excluding hydrogens is 260 g/mol. The molecule has 3 rings (SSSR count). The molecule has 0 aromatic heterocycles. The third kappa shape index (κ3) is 1.63. The standard InChI is InChI=1S/C12H16N6O2/c1-7-2-8(4-19)20-12(7,5-13)9-3-15-11-10(14)16-6-17-18(9)11/h6-9,19H,2-4H2,1H3,(H2,14,16,17). The first-order chi connectivity index (χ1) is 9.62. The highest BCUT2D eigenvalue weighted by atomic mass is 16.5. The summed E-state index contributed by atoms with van der Waals surface area (Å²) in [5.74, 6) is 0.745. The Labute approximate surface area is 116 Å². The molecule has 4 unspecified atom stereocenters. The van der Waals surface area contributed by atoms with Gasteiger partial charge in [-0.2, -0.15) is 10.4 Å². The topological polar surface area (TPSA) is 120 Å². The molecule has 1 saturated heterocycles. The second-order valence-electron chi connectivity index (χ2n) is 5.23. The maximum atomic E-state index is 9.67. The van der Waals surface area contributed by atoms with Gasteiger partial charge in [0.05, 0.1) is 19.3 Å². The van der Waals surface area contributed by atoms with Crippen molar-refractivity contribution in [2.75, 3.05) is 13.2 Å². The summed E-state index contributed by atoms with van der Waals surface area (Å²) in [5.41, 5.74) is 4.73. The molecular formula is C12H16N6O2. The Morgan fingerprint density at radius 2 is 2.50 bits per heavy atom. The predicted molar refractivity (Wildman–Crippen MR) is 72.1 cm³/mol. The molecule has 0 aromatic carbocycles. The van der Waals surface area contributed by atoms with Gasteiger partial charge in [0.15, 0.2) is 17.3 Å². The van der Waals surface area contributed by atoms with Gasteiger partial charge in [-0.05, 0) is 6.42 Å². The van der Waals surface area contributed by atoms with Crippen molar-refractivity contribution in [1.29, 1.82) is 5.26 Å². The summed E-state index contributed by atoms with van der Waals surface area (Å²) < 4.78 is 5.85. The summed E-state index contributed by atoms with van der Waals surface area (Å²) in [6, 6.07) is 1.93. The fourth-order valence-electron chi connectivity index (χ4n) is 3.06. The molecule has 3 aliphatic heterocycles. The van der Waals surface area contributed by atoms with Gasteiger partial charge in [0.2, 0.25) is 0 Å². The molecule has 0 amide bonds. The largest absolute Gasteiger partial charge is 0.394 e. The van der Waals surface area contributed by atoms with Crippen LogP contribution < -0.4 is 5.73 Å². The van der Waals surface area contributed by atoms with Gasteiger partial charge in [0.1, 0.15) is 18.4 Å². The molecule has 8 nitrogen and oxygen atoms in total. The van der Waals surface area contributed by atoms with Crippen LogP contribution in [0.2, 0.25) is 0 Å². The molecule has 0 radical (unpaired) electrons. The monoisotopic (exact) mass is 276 g/mol. The van der Waals surface area contributed by atoms with Crippen molar-refractivity contribution in [2.45, 2.75) is 31.1 Å². The number of ether oxygens (including phenoxy) is 1. The van der Waals surface area contributed by atoms with Crippen molar-refractivity contribution in [1.82, 2.24) is 5.01 Å². The highest BCUT2D eigenvalue weighted by Gasteiger charge is 2.56. The number of hydrogen-bond donors (Lipinski definition) is 2. The van der Waals surface area contributed by atoms with E-state index in [0.717, 1.165) is 0 Å². The van der Waals surface area contributed by atoms with Crippen molar-refractivity contribution < 1.29 is 9.84 Å². The van der Waals surface area contributed by atoms with Gasteiger partial charge in [-0.25, -0.2) is 10.0 Å². The molecule has 20 heavy (non-hydrogen) atoms. The van der Waals surface area contributed by atoms with E-state index < -0.39 is 5.60 Å². The van der Waals surface area contributed by atoms with Gasteiger partial charge >= 0.3 is 0 Å². The predicted octanol–water partition coefficient (Wildman–Crippen LogP) is -0.937. The molecule has 4 atom stereocenters. The Hall–Kier alpha value is -1.98. The van der Waals surface area contributed by atoms with Gasteiger partial charge in [0, 0.05) is 5.92 Å². The Kier molecular flexibility index (Phi) is 2.96. The number of fused-ring (bicyclic) bond motifs is 1. The third-order valence-corrected chi connectivity index (χ3v) is 4.11. The van der Waals surface area contributed by atoms with Crippen LogP contribution in [0, 0.1) is 17.2 Å². The van der Waals surface area contributed by atoms with E-state index in [9.17, 15) is 10.4 Å². The zero-order valence-corrected chi connectivity index (χ0v) is 11.1. The number of nitrogens with zero attached hydrogens (tertiary/aromatic N) is 5. The Bertz CT molecular complexity index is 551. The van der Waals surface area contributed by atoms with Gasteiger partial charge in [0.25, 0.3) is 0 Å². The first kappa shape index (κ1) is 13.0. The number of rotatable bonds is 2. The number of amidine groups is 2. The molecule has 3 aliphatic rings. The normalized spacial score (nSPS) is 39.2. The number of aliphatic hydroxyl groups excluding tert-OH is 1. The van der Waals surface area contributed by atoms with Crippen LogP contribution in [-0.4, -0.2) is 59.0 Å². The lowest BCUT2D eigenvalue weighted by Crippen LogP contribution is -2.55. The molecule has 0 aromatic rings. The summed E-state index contributed by atoms with van der Waals surface area (Å²) in [6.45, 7) is 2.22. The number of hydrazone groups is 1. The van der Waals surface area contributed by atoms with Gasteiger partial charge in [-0.3, -0.25) is 4.99 Å². The Morgan fingerprint density at radius 3 is 3.15 bits per heavy atom. The number of nitrogens with two attached hydrogens (primary N) is 1. The van der Waals surface area contributed by atoms with Crippen LogP contribution >= 0.6 is 0 Å². The molecule has 0 saturated carbocycles. The lowest BCUT2D eigenvalue weighted by molar-refractivity contribution is -0.0671. The molecule has 0 bridgehead atoms. The molecule has 106 valence electrons. The molecule has 0 aliphatic carbocycles. The smallest absolute Gasteiger partial charge is 0.188 e. The van der Waals surface area contributed by atoms with E-state index in [1.807, 2.05) is 6.92 Å². The van der Waals surface area contributed by atoms with E-state index in [-0.39, 0.29) is 24.7 Å². The highest BCUT2D eigenvalue weighted by molar-refractivity contribution is 6.41. The number of nitriles is 1. The number of aliphatic hydroxyl groups is 1. The average molecular weight is 276 g/mol. The zero-order chi connectivity index (χ0) is 14.3. The summed E-state index contributed by atoms with van der Waals surface area (Å²) in [5, 5.41) is 24.7. The SMILES string of the molecule is CC1CC(CO)OC1(C#N)C1CN=C2C(N)=NC=NN21. The number of aliphatic imine (C=N–C) groups is 2. The minimum atomic E-state index is -1.05. The van der Waals surface area contributed by atoms with Crippen LogP contribution in [0.5, 0.6) is 0 Å². The quantitative estimate of drug-likeness (QED) is 0.674. The lowest BCUT2D eigenvalue weighted by Gasteiger charge is -2.36. The van der Waals surface area contributed by atoms with Crippen LogP contribution in [0.25, 0.3) is 0 Å². The van der Waals surface area contributed by atoms with Crippen LogP contribution in [-0.2, 0) is 4.74 Å². The average Bonchev–Trinajstić information content (AvgIpc) is 3.01. The van der Waals surface area contributed by atoms with Crippen LogP contribution in [0.3, 0.4) is 0 Å². The lowest BCUT2D eigenvalue weighted by atomic mass is 9.83. The maximum absolute atomic E-state index is 9.67. The van der Waals surface area contributed by atoms with E-state index in [1.54, 1.807) is 5.01 Å². The van der Waals surface area contributed by atoms with E-state index in [4.69, 9.17) is 10.5 Å². The summed E-state index contributed by atoms with van der Waals surface area (Å²) in [4.78, 5) is 8.22. The van der Waals surface area contributed by atoms with E-state index in [1.165, 1.54) is 6.34 Å². The fourth-order valence-corrected chi connectivity index (χ4v) is 3.06. The fraction of sp³-hybridized carbons (Fsp3) is 0.667.